The van der Waals surface area contributed by atoms with Crippen molar-refractivity contribution in [3.63, 3.8) is 0 Å². The van der Waals surface area contributed by atoms with Crippen molar-refractivity contribution in [1.82, 2.24) is 0 Å². The van der Waals surface area contributed by atoms with Crippen LogP contribution in [0.5, 0.6) is 0 Å². The van der Waals surface area contributed by atoms with Gasteiger partial charge in [-0.15, -0.1) is 0 Å². The van der Waals surface area contributed by atoms with E-state index >= 15 is 0 Å². The zero-order valence-corrected chi connectivity index (χ0v) is 33.4. The Balaban J connectivity index is 1.04. The summed E-state index contributed by atoms with van der Waals surface area (Å²) in [5.41, 5.74) is 16.8. The second kappa shape index (κ2) is 14.1. The third-order valence-electron chi connectivity index (χ3n) is 12.7. The first-order chi connectivity index (χ1) is 30.3. The molecule has 1 aliphatic rings. The van der Waals surface area contributed by atoms with Crippen molar-refractivity contribution in [2.45, 2.75) is 5.41 Å². The molecule has 2 nitrogen and oxygen atoms in total. The van der Waals surface area contributed by atoms with Gasteiger partial charge in [0.25, 0.3) is 0 Å². The number of hydrogen-bond acceptors (Lipinski definition) is 2. The summed E-state index contributed by atoms with van der Waals surface area (Å²) in [5.74, 6) is 0. The molecule has 0 N–H and O–H groups in total. The maximum atomic E-state index is 6.53. The molecule has 61 heavy (non-hydrogen) atoms. The highest BCUT2D eigenvalue weighted by Crippen LogP contribution is 2.59. The molecule has 0 unspecified atom stereocenters. The molecular weight excluding hydrogens is 739 g/mol. The lowest BCUT2D eigenvalue weighted by molar-refractivity contribution is 0.670. The highest BCUT2D eigenvalue weighted by molar-refractivity contribution is 6.10. The smallest absolute Gasteiger partial charge is 0.143 e. The molecule has 10 aromatic carbocycles. The van der Waals surface area contributed by atoms with Gasteiger partial charge in [-0.2, -0.15) is 0 Å². The van der Waals surface area contributed by atoms with Gasteiger partial charge in [-0.1, -0.05) is 194 Å². The average Bonchev–Trinajstić information content (AvgIpc) is 3.87. The summed E-state index contributed by atoms with van der Waals surface area (Å²) in [6.07, 6.45) is 0. The summed E-state index contributed by atoms with van der Waals surface area (Å²) in [7, 11) is 0. The van der Waals surface area contributed by atoms with E-state index in [1.165, 1.54) is 44.2 Å². The van der Waals surface area contributed by atoms with Crippen LogP contribution in [0, 0.1) is 0 Å². The Morgan fingerprint density at radius 3 is 1.74 bits per heavy atom. The second-order valence-electron chi connectivity index (χ2n) is 16.0. The zero-order valence-electron chi connectivity index (χ0n) is 33.4. The van der Waals surface area contributed by atoms with Crippen molar-refractivity contribution in [3.8, 4) is 33.4 Å². The van der Waals surface area contributed by atoms with Crippen LogP contribution in [0.1, 0.15) is 22.3 Å². The van der Waals surface area contributed by atoms with Gasteiger partial charge in [0.05, 0.1) is 11.1 Å². The molecule has 1 heterocycles. The molecule has 2 heteroatoms. The Hall–Kier alpha value is -7.94. The molecule has 11 aromatic rings. The number of para-hydroxylation sites is 1. The minimum atomic E-state index is -0.499. The maximum absolute atomic E-state index is 6.53. The molecule has 0 radical (unpaired) electrons. The number of nitrogens with zero attached hydrogens (tertiary/aromatic N) is 1. The normalized spacial score (nSPS) is 12.7. The van der Waals surface area contributed by atoms with E-state index in [0.29, 0.717) is 0 Å². The lowest BCUT2D eigenvalue weighted by Gasteiger charge is -2.34. The minimum absolute atomic E-state index is 0.499. The standard InChI is InChI=1S/C59H39NO/c1-4-17-42(18-5-1)49-25-14-26-50-52-39-44(33-37-56(52)61-58(49)50)41-30-34-47(35-31-41)60(48-36-32-40-16-10-11-19-43(40)38-48)55-29-15-28-54-57(55)51-24-12-13-27-53(51)59(54,45-20-6-2-7-21-45)46-22-8-3-9-23-46/h1-39H. The van der Waals surface area contributed by atoms with Crippen LogP contribution in [0.4, 0.5) is 17.1 Å². The number of hydrogen-bond donors (Lipinski definition) is 0. The number of furan rings is 1. The minimum Gasteiger partial charge on any atom is -0.455 e. The van der Waals surface area contributed by atoms with Gasteiger partial charge in [0.2, 0.25) is 0 Å². The van der Waals surface area contributed by atoms with Crippen molar-refractivity contribution < 1.29 is 4.42 Å². The largest absolute Gasteiger partial charge is 0.455 e. The lowest BCUT2D eigenvalue weighted by atomic mass is 9.68. The highest BCUT2D eigenvalue weighted by atomic mass is 16.3. The van der Waals surface area contributed by atoms with Crippen LogP contribution >= 0.6 is 0 Å². The number of fused-ring (bicyclic) bond motifs is 7. The monoisotopic (exact) mass is 777 g/mol. The fourth-order valence-corrected chi connectivity index (χ4v) is 10.0. The second-order valence-corrected chi connectivity index (χ2v) is 16.0. The van der Waals surface area contributed by atoms with Gasteiger partial charge < -0.3 is 9.32 Å². The van der Waals surface area contributed by atoms with E-state index < -0.39 is 5.41 Å². The molecular formula is C59H39NO. The highest BCUT2D eigenvalue weighted by Gasteiger charge is 2.47. The van der Waals surface area contributed by atoms with Gasteiger partial charge in [0.1, 0.15) is 11.2 Å². The van der Waals surface area contributed by atoms with E-state index in [2.05, 4.69) is 241 Å². The summed E-state index contributed by atoms with van der Waals surface area (Å²) < 4.78 is 6.53. The van der Waals surface area contributed by atoms with Crippen molar-refractivity contribution >= 4 is 49.8 Å². The Morgan fingerprint density at radius 2 is 0.967 bits per heavy atom. The van der Waals surface area contributed by atoms with E-state index in [-0.39, 0.29) is 0 Å². The summed E-state index contributed by atoms with van der Waals surface area (Å²) in [6.45, 7) is 0. The fourth-order valence-electron chi connectivity index (χ4n) is 10.0. The number of benzene rings is 10. The van der Waals surface area contributed by atoms with Crippen molar-refractivity contribution in [2.24, 2.45) is 0 Å². The first-order valence-electron chi connectivity index (χ1n) is 21.0. The number of anilines is 3. The summed E-state index contributed by atoms with van der Waals surface area (Å²) in [4.78, 5) is 2.45. The predicted octanol–water partition coefficient (Wildman–Crippen LogP) is 15.9. The first-order valence-corrected chi connectivity index (χ1v) is 21.0. The van der Waals surface area contributed by atoms with E-state index in [1.807, 2.05) is 0 Å². The van der Waals surface area contributed by atoms with Crippen LogP contribution < -0.4 is 4.90 Å². The van der Waals surface area contributed by atoms with Crippen molar-refractivity contribution in [2.75, 3.05) is 4.90 Å². The SMILES string of the molecule is c1ccc(-c2cccc3c2oc2ccc(-c4ccc(N(c5ccc6ccccc6c5)c5cccc6c5-c5ccccc5C6(c5ccccc5)c5ccccc5)cc4)cc23)cc1. The fraction of sp³-hybridized carbons (Fsp3) is 0.0169. The van der Waals surface area contributed by atoms with Crippen LogP contribution in [0.3, 0.4) is 0 Å². The third-order valence-corrected chi connectivity index (χ3v) is 12.7. The van der Waals surface area contributed by atoms with Crippen LogP contribution in [-0.4, -0.2) is 0 Å². The maximum Gasteiger partial charge on any atom is 0.143 e. The molecule has 0 fully saturated rings. The van der Waals surface area contributed by atoms with Crippen LogP contribution in [0.25, 0.3) is 66.1 Å². The molecule has 0 saturated heterocycles. The van der Waals surface area contributed by atoms with Gasteiger partial charge in [0.15, 0.2) is 0 Å². The molecule has 0 aliphatic heterocycles. The lowest BCUT2D eigenvalue weighted by Crippen LogP contribution is -2.28. The summed E-state index contributed by atoms with van der Waals surface area (Å²) >= 11 is 0. The zero-order chi connectivity index (χ0) is 40.3. The molecule has 0 amide bonds. The molecule has 0 bridgehead atoms. The van der Waals surface area contributed by atoms with Gasteiger partial charge >= 0.3 is 0 Å². The Morgan fingerprint density at radius 1 is 0.361 bits per heavy atom. The third kappa shape index (κ3) is 5.50. The van der Waals surface area contributed by atoms with Gasteiger partial charge in [0, 0.05) is 33.3 Å². The van der Waals surface area contributed by atoms with E-state index in [1.54, 1.807) is 0 Å². The van der Waals surface area contributed by atoms with E-state index in [9.17, 15) is 0 Å². The van der Waals surface area contributed by atoms with Gasteiger partial charge in [-0.25, -0.2) is 0 Å². The quantitative estimate of drug-likeness (QED) is 0.160. The van der Waals surface area contributed by atoms with Crippen molar-refractivity contribution in [3.05, 3.63) is 259 Å². The Bertz CT molecular complexity index is 3360. The summed E-state index contributed by atoms with van der Waals surface area (Å²) in [6, 6.07) is 86.0. The summed E-state index contributed by atoms with van der Waals surface area (Å²) in [5, 5.41) is 4.66. The molecule has 0 spiro atoms. The molecule has 1 aromatic heterocycles. The van der Waals surface area contributed by atoms with Crippen LogP contribution in [0.15, 0.2) is 241 Å². The van der Waals surface area contributed by atoms with Crippen LogP contribution in [0.2, 0.25) is 0 Å². The van der Waals surface area contributed by atoms with Crippen LogP contribution in [-0.2, 0) is 5.41 Å². The van der Waals surface area contributed by atoms with E-state index in [4.69, 9.17) is 4.42 Å². The Kier molecular flexibility index (Phi) is 8.11. The molecule has 0 saturated carbocycles. The molecule has 1 aliphatic carbocycles. The number of rotatable bonds is 7. The molecule has 286 valence electrons. The Labute approximate surface area is 355 Å². The van der Waals surface area contributed by atoms with Gasteiger partial charge in [-0.05, 0) is 97.7 Å². The van der Waals surface area contributed by atoms with Crippen molar-refractivity contribution in [1.29, 1.82) is 0 Å². The average molecular weight is 778 g/mol. The topological polar surface area (TPSA) is 16.4 Å². The molecule has 0 atom stereocenters. The molecule has 12 rings (SSSR count). The van der Waals surface area contributed by atoms with E-state index in [0.717, 1.165) is 61.3 Å². The predicted molar refractivity (Wildman–Crippen MR) is 254 cm³/mol. The first kappa shape index (κ1) is 35.0. The van der Waals surface area contributed by atoms with Gasteiger partial charge in [-0.3, -0.25) is 0 Å².